The summed E-state index contributed by atoms with van der Waals surface area (Å²) in [7, 11) is 1.59. The fraction of sp³-hybridized carbons (Fsp3) is 1.00. The summed E-state index contributed by atoms with van der Waals surface area (Å²) in [6.45, 7) is 3.44. The molecule has 2 heterocycles. The predicted octanol–water partition coefficient (Wildman–Crippen LogP) is 1.58. The Bertz CT molecular complexity index is 264. The highest BCUT2D eigenvalue weighted by atomic mass is 32.2. The Balaban J connectivity index is 1.95. The van der Waals surface area contributed by atoms with Crippen molar-refractivity contribution in [2.24, 2.45) is 0 Å². The molecule has 1 unspecified atom stereocenters. The minimum Gasteiger partial charge on any atom is -0.353 e. The first-order valence-electron chi connectivity index (χ1n) is 5.75. The summed E-state index contributed by atoms with van der Waals surface area (Å²) in [6, 6.07) is 0. The molecule has 0 saturated carbocycles. The summed E-state index contributed by atoms with van der Waals surface area (Å²) in [4.78, 5) is 0. The van der Waals surface area contributed by atoms with E-state index in [1.165, 1.54) is 11.8 Å². The number of rotatable bonds is 5. The van der Waals surface area contributed by atoms with Crippen LogP contribution in [0.25, 0.3) is 0 Å². The Morgan fingerprint density at radius 2 is 2.00 bits per heavy atom. The highest BCUT2D eigenvalue weighted by Crippen LogP contribution is 2.39. The van der Waals surface area contributed by atoms with E-state index in [1.54, 1.807) is 7.11 Å². The molecule has 0 aromatic heterocycles. The summed E-state index contributed by atoms with van der Waals surface area (Å²) in [6.07, 6.45) is -0.797. The molecule has 2 aliphatic rings. The van der Waals surface area contributed by atoms with Crippen LogP contribution in [0.2, 0.25) is 0 Å². The largest absolute Gasteiger partial charge is 0.353 e. The molecule has 17 heavy (non-hydrogen) atoms. The summed E-state index contributed by atoms with van der Waals surface area (Å²) >= 11 is 1.52. The lowest BCUT2D eigenvalue weighted by Crippen LogP contribution is -2.31. The minimum absolute atomic E-state index is 0.0942. The maximum absolute atomic E-state index is 12.1. The Labute approximate surface area is 105 Å². The van der Waals surface area contributed by atoms with Crippen molar-refractivity contribution in [3.8, 4) is 0 Å². The molecule has 0 amide bonds. The first-order chi connectivity index (χ1) is 8.07. The molecule has 6 heteroatoms. The fourth-order valence-corrected chi connectivity index (χ4v) is 3.00. The highest BCUT2D eigenvalue weighted by molar-refractivity contribution is 7.99. The molecule has 2 fully saturated rings. The summed E-state index contributed by atoms with van der Waals surface area (Å²) in [5.74, 6) is 0.586. The summed E-state index contributed by atoms with van der Waals surface area (Å²) in [5, 5.41) is 0. The molecular weight excluding hydrogens is 247 g/mol. The quantitative estimate of drug-likeness (QED) is 0.706. The van der Waals surface area contributed by atoms with Crippen LogP contribution in [0.5, 0.6) is 0 Å². The molecule has 0 aromatic carbocycles. The van der Waals surface area contributed by atoms with Crippen LogP contribution >= 0.6 is 11.8 Å². The van der Waals surface area contributed by atoms with E-state index in [4.69, 9.17) is 18.9 Å². The number of fused-ring (bicyclic) bond motifs is 1. The van der Waals surface area contributed by atoms with E-state index in [-0.39, 0.29) is 25.0 Å². The van der Waals surface area contributed by atoms with E-state index in [1.807, 2.05) is 13.8 Å². The van der Waals surface area contributed by atoms with Crippen molar-refractivity contribution in [2.45, 2.75) is 44.2 Å². The third kappa shape index (κ3) is 2.93. The lowest BCUT2D eigenvalue weighted by molar-refractivity contribution is -0.224. The molecule has 4 atom stereocenters. The monoisotopic (exact) mass is 266 g/mol. The van der Waals surface area contributed by atoms with Crippen molar-refractivity contribution in [3.05, 3.63) is 0 Å². The van der Waals surface area contributed by atoms with Crippen molar-refractivity contribution >= 4 is 11.8 Å². The molecule has 2 aliphatic heterocycles. The van der Waals surface area contributed by atoms with E-state index >= 15 is 0 Å². The summed E-state index contributed by atoms with van der Waals surface area (Å²) in [5.41, 5.74) is 0. The number of alkyl halides is 1. The topological polar surface area (TPSA) is 36.9 Å². The first kappa shape index (κ1) is 13.5. The van der Waals surface area contributed by atoms with Gasteiger partial charge >= 0.3 is 0 Å². The van der Waals surface area contributed by atoms with Gasteiger partial charge in [-0.25, -0.2) is 0 Å². The van der Waals surface area contributed by atoms with Gasteiger partial charge in [-0.1, -0.05) is 0 Å². The lowest BCUT2D eigenvalue weighted by Gasteiger charge is -2.23. The zero-order chi connectivity index (χ0) is 12.5. The SMILES string of the molecule is COC1O[C@H](CSCCF)[C@H]2OC(C)(C)O[C@@H]12. The first-order valence-corrected chi connectivity index (χ1v) is 6.90. The Hall–Kier alpha value is 0.120. The van der Waals surface area contributed by atoms with Gasteiger partial charge in [0.15, 0.2) is 12.1 Å². The molecule has 0 aromatic rings. The van der Waals surface area contributed by atoms with Gasteiger partial charge in [0.25, 0.3) is 0 Å². The number of hydrogen-bond donors (Lipinski definition) is 0. The average molecular weight is 266 g/mol. The second kappa shape index (κ2) is 5.40. The van der Waals surface area contributed by atoms with Gasteiger partial charge in [-0.15, -0.1) is 0 Å². The molecular formula is C11H19FO4S. The van der Waals surface area contributed by atoms with Crippen LogP contribution in [0.1, 0.15) is 13.8 Å². The predicted molar refractivity (Wildman–Crippen MR) is 62.8 cm³/mol. The summed E-state index contributed by atoms with van der Waals surface area (Å²) < 4.78 is 34.6. The normalized spacial score (nSPS) is 39.5. The van der Waals surface area contributed by atoms with Gasteiger partial charge < -0.3 is 18.9 Å². The third-order valence-electron chi connectivity index (χ3n) is 2.84. The van der Waals surface area contributed by atoms with Gasteiger partial charge in [0.05, 0.1) is 12.8 Å². The Morgan fingerprint density at radius 3 is 2.65 bits per heavy atom. The molecule has 0 spiro atoms. The van der Waals surface area contributed by atoms with E-state index in [2.05, 4.69) is 0 Å². The number of hydrogen-bond acceptors (Lipinski definition) is 5. The molecule has 0 aliphatic carbocycles. The second-order valence-corrected chi connectivity index (χ2v) is 5.76. The smallest absolute Gasteiger partial charge is 0.186 e. The van der Waals surface area contributed by atoms with Gasteiger partial charge in [0.2, 0.25) is 0 Å². The van der Waals surface area contributed by atoms with E-state index in [9.17, 15) is 4.39 Å². The number of halogens is 1. The maximum Gasteiger partial charge on any atom is 0.186 e. The van der Waals surface area contributed by atoms with Gasteiger partial charge in [-0.3, -0.25) is 4.39 Å². The van der Waals surface area contributed by atoms with E-state index in [0.29, 0.717) is 11.5 Å². The second-order valence-electron chi connectivity index (χ2n) is 4.61. The van der Waals surface area contributed by atoms with Crippen LogP contribution in [-0.4, -0.2) is 55.7 Å². The van der Waals surface area contributed by atoms with Crippen LogP contribution in [0.15, 0.2) is 0 Å². The standard InChI is InChI=1S/C11H19FO4S/c1-11(2)15-8-7(6-17-5-4-12)14-10(13-3)9(8)16-11/h7-10H,4-6H2,1-3H3/t7-,8-,9-,10?/m1/s1. The number of methoxy groups -OCH3 is 1. The fourth-order valence-electron chi connectivity index (χ4n) is 2.22. The minimum atomic E-state index is -0.598. The molecule has 4 nitrogen and oxygen atoms in total. The maximum atomic E-state index is 12.1. The lowest BCUT2D eigenvalue weighted by atomic mass is 10.2. The van der Waals surface area contributed by atoms with Crippen LogP contribution < -0.4 is 0 Å². The Morgan fingerprint density at radius 1 is 1.29 bits per heavy atom. The van der Waals surface area contributed by atoms with Crippen LogP contribution in [-0.2, 0) is 18.9 Å². The molecule has 0 N–H and O–H groups in total. The van der Waals surface area contributed by atoms with Crippen LogP contribution in [0.4, 0.5) is 4.39 Å². The van der Waals surface area contributed by atoms with Crippen molar-refractivity contribution in [1.82, 2.24) is 0 Å². The van der Waals surface area contributed by atoms with Gasteiger partial charge in [-0.2, -0.15) is 11.8 Å². The van der Waals surface area contributed by atoms with Gasteiger partial charge in [-0.05, 0) is 13.8 Å². The molecule has 100 valence electrons. The molecule has 2 saturated heterocycles. The van der Waals surface area contributed by atoms with E-state index in [0.717, 1.165) is 0 Å². The zero-order valence-corrected chi connectivity index (χ0v) is 11.2. The average Bonchev–Trinajstić information content (AvgIpc) is 2.73. The number of thioether (sulfide) groups is 1. The van der Waals surface area contributed by atoms with Crippen molar-refractivity contribution < 1.29 is 23.3 Å². The number of ether oxygens (including phenoxy) is 4. The van der Waals surface area contributed by atoms with Crippen molar-refractivity contribution in [1.29, 1.82) is 0 Å². The Kier molecular flexibility index (Phi) is 4.31. The molecule has 0 bridgehead atoms. The third-order valence-corrected chi connectivity index (χ3v) is 3.85. The van der Waals surface area contributed by atoms with Crippen molar-refractivity contribution in [3.63, 3.8) is 0 Å². The van der Waals surface area contributed by atoms with Gasteiger partial charge in [0, 0.05) is 18.6 Å². The van der Waals surface area contributed by atoms with Crippen molar-refractivity contribution in [2.75, 3.05) is 25.3 Å². The van der Waals surface area contributed by atoms with E-state index < -0.39 is 12.1 Å². The molecule has 0 radical (unpaired) electrons. The highest BCUT2D eigenvalue weighted by Gasteiger charge is 2.55. The molecule has 2 rings (SSSR count). The van der Waals surface area contributed by atoms with Crippen LogP contribution in [0, 0.1) is 0 Å². The zero-order valence-electron chi connectivity index (χ0n) is 10.3. The van der Waals surface area contributed by atoms with Gasteiger partial charge in [0.1, 0.15) is 12.2 Å². The van der Waals surface area contributed by atoms with Crippen LogP contribution in [0.3, 0.4) is 0 Å².